The number of aryl methyl sites for hydroxylation is 1. The highest BCUT2D eigenvalue weighted by Crippen LogP contribution is 2.24. The zero-order valence-corrected chi connectivity index (χ0v) is 9.46. The molecule has 0 aliphatic carbocycles. The molecule has 0 N–H and O–H groups in total. The first-order valence-electron chi connectivity index (χ1n) is 4.92. The lowest BCUT2D eigenvalue weighted by Crippen LogP contribution is -1.93. The molecule has 1 aromatic carbocycles. The minimum atomic E-state index is 0.847. The van der Waals surface area contributed by atoms with Crippen LogP contribution in [0, 0.1) is 11.8 Å². The molecule has 0 aromatic heterocycles. The van der Waals surface area contributed by atoms with Crippen LogP contribution in [0.4, 0.5) is 0 Å². The SMILES string of the molecule is CC#CCCc1cc(OC)ccc1OC. The van der Waals surface area contributed by atoms with Crippen molar-refractivity contribution in [1.29, 1.82) is 0 Å². The van der Waals surface area contributed by atoms with E-state index in [1.165, 1.54) is 0 Å². The molecule has 2 nitrogen and oxygen atoms in total. The minimum Gasteiger partial charge on any atom is -0.497 e. The highest BCUT2D eigenvalue weighted by Gasteiger charge is 2.03. The third kappa shape index (κ3) is 3.21. The Balaban J connectivity index is 2.84. The van der Waals surface area contributed by atoms with Crippen molar-refractivity contribution in [3.05, 3.63) is 23.8 Å². The van der Waals surface area contributed by atoms with Gasteiger partial charge in [-0.25, -0.2) is 0 Å². The van der Waals surface area contributed by atoms with Gasteiger partial charge in [-0.05, 0) is 37.1 Å². The topological polar surface area (TPSA) is 18.5 Å². The molecular weight excluding hydrogens is 188 g/mol. The molecule has 1 aromatic rings. The van der Waals surface area contributed by atoms with Crippen molar-refractivity contribution in [2.24, 2.45) is 0 Å². The van der Waals surface area contributed by atoms with Crippen LogP contribution in [0.5, 0.6) is 11.5 Å². The zero-order valence-electron chi connectivity index (χ0n) is 9.46. The summed E-state index contributed by atoms with van der Waals surface area (Å²) < 4.78 is 10.4. The fourth-order valence-electron chi connectivity index (χ4n) is 1.40. The van der Waals surface area contributed by atoms with Crippen molar-refractivity contribution < 1.29 is 9.47 Å². The summed E-state index contributed by atoms with van der Waals surface area (Å²) in [5, 5.41) is 0. The molecule has 0 unspecified atom stereocenters. The summed E-state index contributed by atoms with van der Waals surface area (Å²) in [7, 11) is 3.34. The first-order valence-corrected chi connectivity index (χ1v) is 4.92. The maximum absolute atomic E-state index is 5.27. The predicted octanol–water partition coefficient (Wildman–Crippen LogP) is 2.66. The number of rotatable bonds is 4. The van der Waals surface area contributed by atoms with E-state index in [-0.39, 0.29) is 0 Å². The maximum atomic E-state index is 5.27. The van der Waals surface area contributed by atoms with Crippen LogP contribution in [0.1, 0.15) is 18.9 Å². The summed E-state index contributed by atoms with van der Waals surface area (Å²) >= 11 is 0. The molecule has 0 atom stereocenters. The van der Waals surface area contributed by atoms with Gasteiger partial charge in [0.1, 0.15) is 11.5 Å². The Morgan fingerprint density at radius 1 is 1.20 bits per heavy atom. The van der Waals surface area contributed by atoms with E-state index in [0.717, 1.165) is 29.9 Å². The fourth-order valence-corrected chi connectivity index (χ4v) is 1.40. The second-order valence-electron chi connectivity index (χ2n) is 3.10. The molecule has 0 spiro atoms. The fraction of sp³-hybridized carbons (Fsp3) is 0.385. The van der Waals surface area contributed by atoms with Crippen LogP contribution in [-0.2, 0) is 6.42 Å². The molecular formula is C13H16O2. The van der Waals surface area contributed by atoms with Gasteiger partial charge < -0.3 is 9.47 Å². The van der Waals surface area contributed by atoms with E-state index < -0.39 is 0 Å². The maximum Gasteiger partial charge on any atom is 0.122 e. The van der Waals surface area contributed by atoms with E-state index in [9.17, 15) is 0 Å². The molecule has 0 radical (unpaired) electrons. The van der Waals surface area contributed by atoms with Crippen LogP contribution in [0.25, 0.3) is 0 Å². The van der Waals surface area contributed by atoms with Crippen molar-refractivity contribution >= 4 is 0 Å². The number of hydrogen-bond donors (Lipinski definition) is 0. The Morgan fingerprint density at radius 3 is 2.60 bits per heavy atom. The Kier molecular flexibility index (Phi) is 4.56. The Hall–Kier alpha value is -1.62. The summed E-state index contributed by atoms with van der Waals surface area (Å²) in [6.07, 6.45) is 1.74. The van der Waals surface area contributed by atoms with Crippen molar-refractivity contribution in [2.45, 2.75) is 19.8 Å². The number of ether oxygens (including phenoxy) is 2. The molecule has 0 bridgehead atoms. The summed E-state index contributed by atoms with van der Waals surface area (Å²) in [5.41, 5.74) is 1.14. The number of methoxy groups -OCH3 is 2. The lowest BCUT2D eigenvalue weighted by atomic mass is 10.1. The van der Waals surface area contributed by atoms with E-state index in [0.29, 0.717) is 0 Å². The minimum absolute atomic E-state index is 0.847. The first-order chi connectivity index (χ1) is 7.31. The van der Waals surface area contributed by atoms with Crippen LogP contribution in [0.15, 0.2) is 18.2 Å². The number of hydrogen-bond acceptors (Lipinski definition) is 2. The summed E-state index contributed by atoms with van der Waals surface area (Å²) in [4.78, 5) is 0. The summed E-state index contributed by atoms with van der Waals surface area (Å²) in [6, 6.07) is 5.82. The van der Waals surface area contributed by atoms with Gasteiger partial charge in [0.25, 0.3) is 0 Å². The Labute approximate surface area is 91.2 Å². The van der Waals surface area contributed by atoms with Crippen molar-refractivity contribution in [2.75, 3.05) is 14.2 Å². The van der Waals surface area contributed by atoms with E-state index in [1.54, 1.807) is 14.2 Å². The van der Waals surface area contributed by atoms with Gasteiger partial charge in [0, 0.05) is 6.42 Å². The van der Waals surface area contributed by atoms with E-state index in [1.807, 2.05) is 25.1 Å². The second-order valence-corrected chi connectivity index (χ2v) is 3.10. The van der Waals surface area contributed by atoms with Crippen LogP contribution >= 0.6 is 0 Å². The van der Waals surface area contributed by atoms with Crippen LogP contribution in [0.3, 0.4) is 0 Å². The average molecular weight is 204 g/mol. The van der Waals surface area contributed by atoms with Gasteiger partial charge in [-0.3, -0.25) is 0 Å². The predicted molar refractivity (Wildman–Crippen MR) is 61.3 cm³/mol. The molecule has 0 fully saturated rings. The zero-order chi connectivity index (χ0) is 11.1. The third-order valence-corrected chi connectivity index (χ3v) is 2.18. The third-order valence-electron chi connectivity index (χ3n) is 2.18. The van der Waals surface area contributed by atoms with Crippen molar-refractivity contribution in [3.63, 3.8) is 0 Å². The van der Waals surface area contributed by atoms with E-state index >= 15 is 0 Å². The van der Waals surface area contributed by atoms with Gasteiger partial charge >= 0.3 is 0 Å². The molecule has 0 aliphatic heterocycles. The average Bonchev–Trinajstić information content (AvgIpc) is 2.29. The lowest BCUT2D eigenvalue weighted by Gasteiger charge is -2.08. The Bertz CT molecular complexity index is 372. The van der Waals surface area contributed by atoms with Gasteiger partial charge in [-0.1, -0.05) is 0 Å². The van der Waals surface area contributed by atoms with Crippen LogP contribution < -0.4 is 9.47 Å². The molecule has 0 aliphatic rings. The lowest BCUT2D eigenvalue weighted by molar-refractivity contribution is 0.399. The molecule has 0 heterocycles. The van der Waals surface area contributed by atoms with Crippen LogP contribution in [-0.4, -0.2) is 14.2 Å². The summed E-state index contributed by atoms with van der Waals surface area (Å²) in [6.45, 7) is 1.85. The van der Waals surface area contributed by atoms with E-state index in [2.05, 4.69) is 11.8 Å². The molecule has 0 saturated carbocycles. The molecule has 80 valence electrons. The first kappa shape index (κ1) is 11.5. The van der Waals surface area contributed by atoms with Crippen LogP contribution in [0.2, 0.25) is 0 Å². The highest BCUT2D eigenvalue weighted by atomic mass is 16.5. The van der Waals surface area contributed by atoms with Crippen molar-refractivity contribution in [1.82, 2.24) is 0 Å². The smallest absolute Gasteiger partial charge is 0.122 e. The Morgan fingerprint density at radius 2 is 2.00 bits per heavy atom. The quantitative estimate of drug-likeness (QED) is 0.702. The summed E-state index contributed by atoms with van der Waals surface area (Å²) in [5.74, 6) is 7.67. The van der Waals surface area contributed by atoms with E-state index in [4.69, 9.17) is 9.47 Å². The highest BCUT2D eigenvalue weighted by molar-refractivity contribution is 5.40. The normalized spacial score (nSPS) is 9.00. The standard InChI is InChI=1S/C13H16O2/c1-4-5-6-7-11-10-12(14-2)8-9-13(11)15-3/h8-10H,6-7H2,1-3H3. The number of benzene rings is 1. The molecule has 0 saturated heterocycles. The second kappa shape index (κ2) is 5.98. The van der Waals surface area contributed by atoms with Gasteiger partial charge in [0.2, 0.25) is 0 Å². The monoisotopic (exact) mass is 204 g/mol. The molecule has 0 amide bonds. The largest absolute Gasteiger partial charge is 0.497 e. The molecule has 2 heteroatoms. The molecule has 1 rings (SSSR count). The van der Waals surface area contributed by atoms with Gasteiger partial charge in [0.05, 0.1) is 14.2 Å². The van der Waals surface area contributed by atoms with Crippen molar-refractivity contribution in [3.8, 4) is 23.3 Å². The van der Waals surface area contributed by atoms with Gasteiger partial charge in [-0.15, -0.1) is 11.8 Å². The van der Waals surface area contributed by atoms with Gasteiger partial charge in [0.15, 0.2) is 0 Å². The van der Waals surface area contributed by atoms with Gasteiger partial charge in [-0.2, -0.15) is 0 Å². The molecule has 15 heavy (non-hydrogen) atoms.